The van der Waals surface area contributed by atoms with E-state index in [2.05, 4.69) is 21.1 Å². The molecule has 7 nitrogen and oxygen atoms in total. The van der Waals surface area contributed by atoms with Crippen molar-refractivity contribution in [3.63, 3.8) is 0 Å². The molecule has 2 aromatic carbocycles. The van der Waals surface area contributed by atoms with E-state index in [0.717, 1.165) is 23.4 Å². The van der Waals surface area contributed by atoms with E-state index in [-0.39, 0.29) is 5.82 Å². The summed E-state index contributed by atoms with van der Waals surface area (Å²) >= 11 is 0. The number of methoxy groups -OCH3 is 1. The Labute approximate surface area is 196 Å². The van der Waals surface area contributed by atoms with Gasteiger partial charge in [-0.2, -0.15) is 10.4 Å². The number of nitriles is 1. The summed E-state index contributed by atoms with van der Waals surface area (Å²) in [6.07, 6.45) is 8.74. The summed E-state index contributed by atoms with van der Waals surface area (Å²) in [7, 11) is 1.63. The van der Waals surface area contributed by atoms with Gasteiger partial charge in [0.2, 0.25) is 0 Å². The molecule has 1 aliphatic rings. The fourth-order valence-corrected chi connectivity index (χ4v) is 4.44. The molecule has 3 heterocycles. The van der Waals surface area contributed by atoms with Crippen LogP contribution in [0.3, 0.4) is 0 Å². The number of aryl methyl sites for hydroxylation is 2. The van der Waals surface area contributed by atoms with Gasteiger partial charge in [-0.05, 0) is 61.2 Å². The standard InChI is InChI=1S/C26H23FN6O/c1-18-15-32(17-29-18)22-9-7-19(13-23(22)34-2)8-10-24-30-25-26(16-28,11-4-12-33(25)31-24)20-5-3-6-21(27)14-20/h3,5-10,13-15,17H,4,11-12H2,1-2H3/b10-8+/t26-/m1/s1. The number of benzene rings is 2. The van der Waals surface area contributed by atoms with Gasteiger partial charge in [0.25, 0.3) is 0 Å². The third-order valence-electron chi connectivity index (χ3n) is 6.12. The van der Waals surface area contributed by atoms with Gasteiger partial charge in [-0.25, -0.2) is 19.0 Å². The highest BCUT2D eigenvalue weighted by atomic mass is 19.1. The average Bonchev–Trinajstić information content (AvgIpc) is 3.48. The Hall–Kier alpha value is -4.25. The van der Waals surface area contributed by atoms with E-state index in [1.54, 1.807) is 30.3 Å². The molecule has 1 atom stereocenters. The van der Waals surface area contributed by atoms with Crippen LogP contribution in [-0.2, 0) is 12.0 Å². The van der Waals surface area contributed by atoms with Crippen molar-refractivity contribution in [2.45, 2.75) is 31.7 Å². The monoisotopic (exact) mass is 454 g/mol. The number of aromatic nitrogens is 5. The fraction of sp³-hybridized carbons (Fsp3) is 0.231. The SMILES string of the molecule is COc1cc(/C=C/c2nc3n(n2)CCC[C@@]3(C#N)c2cccc(F)c2)ccc1-n1cnc(C)c1. The molecule has 8 heteroatoms. The van der Waals surface area contributed by atoms with Crippen LogP contribution in [0, 0.1) is 24.1 Å². The van der Waals surface area contributed by atoms with Crippen LogP contribution < -0.4 is 4.74 Å². The van der Waals surface area contributed by atoms with E-state index in [4.69, 9.17) is 4.74 Å². The van der Waals surface area contributed by atoms with E-state index >= 15 is 0 Å². The maximum Gasteiger partial charge on any atom is 0.174 e. The lowest BCUT2D eigenvalue weighted by Crippen LogP contribution is -2.34. The Bertz CT molecular complexity index is 1430. The molecule has 2 aromatic heterocycles. The third kappa shape index (κ3) is 3.75. The van der Waals surface area contributed by atoms with Crippen molar-refractivity contribution >= 4 is 12.2 Å². The van der Waals surface area contributed by atoms with Gasteiger partial charge < -0.3 is 9.30 Å². The summed E-state index contributed by atoms with van der Waals surface area (Å²) in [5.41, 5.74) is 2.32. The van der Waals surface area contributed by atoms with Crippen LogP contribution in [0.4, 0.5) is 4.39 Å². The van der Waals surface area contributed by atoms with Crippen LogP contribution >= 0.6 is 0 Å². The van der Waals surface area contributed by atoms with Crippen LogP contribution in [0.2, 0.25) is 0 Å². The Morgan fingerprint density at radius 1 is 1.21 bits per heavy atom. The van der Waals surface area contributed by atoms with Gasteiger partial charge >= 0.3 is 0 Å². The first-order chi connectivity index (χ1) is 16.5. The van der Waals surface area contributed by atoms with E-state index in [9.17, 15) is 9.65 Å². The van der Waals surface area contributed by atoms with E-state index in [1.165, 1.54) is 12.1 Å². The number of hydrogen-bond acceptors (Lipinski definition) is 5. The Kier molecular flexibility index (Phi) is 5.46. The molecule has 0 amide bonds. The van der Waals surface area contributed by atoms with E-state index < -0.39 is 5.41 Å². The number of ether oxygens (including phenoxy) is 1. The van der Waals surface area contributed by atoms with Crippen molar-refractivity contribution in [1.82, 2.24) is 24.3 Å². The van der Waals surface area contributed by atoms with Gasteiger partial charge in [-0.15, -0.1) is 0 Å². The number of nitrogens with zero attached hydrogens (tertiary/aromatic N) is 6. The second kappa shape index (κ2) is 8.60. The first-order valence-corrected chi connectivity index (χ1v) is 11.0. The van der Waals surface area contributed by atoms with Crippen molar-refractivity contribution in [3.05, 3.63) is 89.3 Å². The molecule has 4 aromatic rings. The van der Waals surface area contributed by atoms with Crippen molar-refractivity contribution < 1.29 is 9.13 Å². The molecule has 0 radical (unpaired) electrons. The highest BCUT2D eigenvalue weighted by Crippen LogP contribution is 2.39. The average molecular weight is 455 g/mol. The second-order valence-corrected chi connectivity index (χ2v) is 8.33. The zero-order chi connectivity index (χ0) is 23.7. The molecule has 0 saturated heterocycles. The van der Waals surface area contributed by atoms with Gasteiger partial charge in [-0.3, -0.25) is 0 Å². The highest BCUT2D eigenvalue weighted by Gasteiger charge is 2.42. The molecule has 0 unspecified atom stereocenters. The molecule has 0 bridgehead atoms. The summed E-state index contributed by atoms with van der Waals surface area (Å²) in [4.78, 5) is 8.96. The number of fused-ring (bicyclic) bond motifs is 1. The van der Waals surface area contributed by atoms with Crippen LogP contribution in [0.25, 0.3) is 17.8 Å². The summed E-state index contributed by atoms with van der Waals surface area (Å²) in [6.45, 7) is 2.61. The summed E-state index contributed by atoms with van der Waals surface area (Å²) < 4.78 is 23.2. The minimum Gasteiger partial charge on any atom is -0.495 e. The van der Waals surface area contributed by atoms with Crippen LogP contribution in [0.1, 0.15) is 41.3 Å². The lowest BCUT2D eigenvalue weighted by atomic mass is 9.75. The molecule has 170 valence electrons. The largest absolute Gasteiger partial charge is 0.495 e. The lowest BCUT2D eigenvalue weighted by molar-refractivity contribution is 0.392. The zero-order valence-electron chi connectivity index (χ0n) is 18.9. The Morgan fingerprint density at radius 3 is 2.82 bits per heavy atom. The van der Waals surface area contributed by atoms with Crippen LogP contribution in [0.5, 0.6) is 5.75 Å². The Morgan fingerprint density at radius 2 is 2.09 bits per heavy atom. The molecule has 0 N–H and O–H groups in total. The highest BCUT2D eigenvalue weighted by molar-refractivity contribution is 5.69. The molecule has 0 saturated carbocycles. The molecule has 0 fully saturated rings. The summed E-state index contributed by atoms with van der Waals surface area (Å²) in [5, 5.41) is 14.7. The molecular weight excluding hydrogens is 431 g/mol. The third-order valence-corrected chi connectivity index (χ3v) is 6.12. The topological polar surface area (TPSA) is 81.5 Å². The summed E-state index contributed by atoms with van der Waals surface area (Å²) in [6, 6.07) is 14.5. The van der Waals surface area contributed by atoms with Crippen LogP contribution in [0.15, 0.2) is 55.0 Å². The predicted octanol–water partition coefficient (Wildman–Crippen LogP) is 4.69. The van der Waals surface area contributed by atoms with Gasteiger partial charge in [0.1, 0.15) is 17.0 Å². The molecule has 0 aliphatic carbocycles. The minimum absolute atomic E-state index is 0.368. The number of imidazole rings is 1. The van der Waals surface area contributed by atoms with Crippen molar-refractivity contribution in [1.29, 1.82) is 5.26 Å². The normalized spacial score (nSPS) is 17.5. The van der Waals surface area contributed by atoms with Gasteiger partial charge in [-0.1, -0.05) is 24.3 Å². The van der Waals surface area contributed by atoms with Gasteiger partial charge in [0.05, 0.1) is 30.9 Å². The maximum atomic E-state index is 13.9. The smallest absolute Gasteiger partial charge is 0.174 e. The lowest BCUT2D eigenvalue weighted by Gasteiger charge is -2.30. The maximum absolute atomic E-state index is 13.9. The second-order valence-electron chi connectivity index (χ2n) is 8.33. The van der Waals surface area contributed by atoms with E-state index in [0.29, 0.717) is 35.9 Å². The van der Waals surface area contributed by atoms with Crippen molar-refractivity contribution in [3.8, 4) is 17.5 Å². The molecule has 0 spiro atoms. The quantitative estimate of drug-likeness (QED) is 0.437. The first-order valence-electron chi connectivity index (χ1n) is 11.0. The predicted molar refractivity (Wildman–Crippen MR) is 126 cm³/mol. The summed E-state index contributed by atoms with van der Waals surface area (Å²) in [5.74, 6) is 1.40. The molecular formula is C26H23FN6O. The number of rotatable bonds is 5. The number of halogens is 1. The van der Waals surface area contributed by atoms with Crippen molar-refractivity contribution in [2.75, 3.05) is 7.11 Å². The fourth-order valence-electron chi connectivity index (χ4n) is 4.44. The molecule has 1 aliphatic heterocycles. The molecule has 34 heavy (non-hydrogen) atoms. The van der Waals surface area contributed by atoms with Gasteiger partial charge in [0.15, 0.2) is 11.6 Å². The van der Waals surface area contributed by atoms with Crippen LogP contribution in [-0.4, -0.2) is 31.4 Å². The first kappa shape index (κ1) is 21.6. The zero-order valence-corrected chi connectivity index (χ0v) is 18.9. The van der Waals surface area contributed by atoms with Gasteiger partial charge in [0, 0.05) is 12.7 Å². The van der Waals surface area contributed by atoms with Crippen molar-refractivity contribution in [2.24, 2.45) is 0 Å². The molecule has 5 rings (SSSR count). The minimum atomic E-state index is -1.02. The Balaban J connectivity index is 1.47. The van der Waals surface area contributed by atoms with E-state index in [1.807, 2.05) is 48.0 Å². The number of hydrogen-bond donors (Lipinski definition) is 0.